The van der Waals surface area contributed by atoms with E-state index >= 15 is 0 Å². The predicted octanol–water partition coefficient (Wildman–Crippen LogP) is 4.31. The van der Waals surface area contributed by atoms with Crippen molar-refractivity contribution in [3.8, 4) is 11.5 Å². The standard InChI is InChI=1S/C16H13BrF3NO3/c17-13-2-1-3-14(12(13)4-5-23-16(22)15(19)20)24-11-7-9(18)6-10(21)8-11/h1-3,6-8,15H,4-5,21H2. The Labute approximate surface area is 144 Å². The molecular weight excluding hydrogens is 391 g/mol. The van der Waals surface area contributed by atoms with Gasteiger partial charge in [0.15, 0.2) is 0 Å². The normalized spacial score (nSPS) is 10.7. The minimum atomic E-state index is -3.17. The zero-order valence-corrected chi connectivity index (χ0v) is 13.9. The Morgan fingerprint density at radius 2 is 2.00 bits per heavy atom. The van der Waals surface area contributed by atoms with E-state index in [2.05, 4.69) is 20.7 Å². The lowest BCUT2D eigenvalue weighted by Crippen LogP contribution is -2.16. The number of hydrogen-bond acceptors (Lipinski definition) is 4. The molecule has 0 aliphatic heterocycles. The fraction of sp³-hybridized carbons (Fsp3) is 0.188. The molecule has 2 aromatic rings. The van der Waals surface area contributed by atoms with Crippen LogP contribution in [0.4, 0.5) is 18.9 Å². The topological polar surface area (TPSA) is 61.6 Å². The molecule has 8 heteroatoms. The SMILES string of the molecule is Nc1cc(F)cc(Oc2cccc(Br)c2CCOC(=O)C(F)F)c1. The summed E-state index contributed by atoms with van der Waals surface area (Å²) in [4.78, 5) is 10.8. The summed E-state index contributed by atoms with van der Waals surface area (Å²) < 4.78 is 48.3. The second-order valence-electron chi connectivity index (χ2n) is 4.76. The van der Waals surface area contributed by atoms with Gasteiger partial charge < -0.3 is 15.2 Å². The number of alkyl halides is 2. The van der Waals surface area contributed by atoms with Crippen LogP contribution in [0.3, 0.4) is 0 Å². The highest BCUT2D eigenvalue weighted by atomic mass is 79.9. The van der Waals surface area contributed by atoms with E-state index in [1.807, 2.05) is 0 Å². The zero-order valence-electron chi connectivity index (χ0n) is 12.3. The van der Waals surface area contributed by atoms with Gasteiger partial charge in [0, 0.05) is 34.3 Å². The Morgan fingerprint density at radius 3 is 2.67 bits per heavy atom. The number of anilines is 1. The van der Waals surface area contributed by atoms with Crippen LogP contribution in [0.5, 0.6) is 11.5 Å². The average Bonchev–Trinajstić information content (AvgIpc) is 2.48. The zero-order chi connectivity index (χ0) is 17.7. The molecule has 0 atom stereocenters. The van der Waals surface area contributed by atoms with Gasteiger partial charge in [-0.15, -0.1) is 0 Å². The van der Waals surface area contributed by atoms with E-state index in [4.69, 9.17) is 10.5 Å². The van der Waals surface area contributed by atoms with Crippen molar-refractivity contribution in [2.75, 3.05) is 12.3 Å². The first-order valence-corrected chi connectivity index (χ1v) is 7.62. The minimum Gasteiger partial charge on any atom is -0.461 e. The van der Waals surface area contributed by atoms with Crippen LogP contribution >= 0.6 is 15.9 Å². The van der Waals surface area contributed by atoms with Gasteiger partial charge in [0.05, 0.1) is 6.61 Å². The minimum absolute atomic E-state index is 0.139. The van der Waals surface area contributed by atoms with Gasteiger partial charge in [0.2, 0.25) is 0 Å². The summed E-state index contributed by atoms with van der Waals surface area (Å²) in [5.74, 6) is -1.58. The Morgan fingerprint density at radius 1 is 1.25 bits per heavy atom. The molecule has 2 N–H and O–H groups in total. The van der Waals surface area contributed by atoms with Crippen molar-refractivity contribution in [2.24, 2.45) is 0 Å². The second-order valence-corrected chi connectivity index (χ2v) is 5.61. The molecule has 0 aliphatic rings. The number of carbonyl (C=O) groups excluding carboxylic acids is 1. The number of carbonyl (C=O) groups is 1. The fourth-order valence-corrected chi connectivity index (χ4v) is 2.51. The maximum atomic E-state index is 13.4. The van der Waals surface area contributed by atoms with E-state index in [9.17, 15) is 18.0 Å². The fourth-order valence-electron chi connectivity index (χ4n) is 1.96. The van der Waals surface area contributed by atoms with Crippen LogP contribution in [-0.2, 0) is 16.0 Å². The number of rotatable bonds is 6. The highest BCUT2D eigenvalue weighted by Crippen LogP contribution is 2.32. The van der Waals surface area contributed by atoms with Gasteiger partial charge in [-0.05, 0) is 18.2 Å². The van der Waals surface area contributed by atoms with Crippen molar-refractivity contribution in [3.63, 3.8) is 0 Å². The summed E-state index contributed by atoms with van der Waals surface area (Å²) in [6.07, 6.45) is -3.03. The third-order valence-electron chi connectivity index (χ3n) is 2.97. The Hall–Kier alpha value is -2.22. The first kappa shape index (κ1) is 18.1. The van der Waals surface area contributed by atoms with Crippen molar-refractivity contribution in [1.82, 2.24) is 0 Å². The molecule has 4 nitrogen and oxygen atoms in total. The van der Waals surface area contributed by atoms with E-state index in [0.29, 0.717) is 15.8 Å². The summed E-state index contributed by atoms with van der Waals surface area (Å²) in [6, 6.07) is 8.80. The third kappa shape index (κ3) is 4.89. The van der Waals surface area contributed by atoms with Crippen molar-refractivity contribution in [1.29, 1.82) is 0 Å². The molecule has 0 aromatic heterocycles. The number of halogens is 4. The van der Waals surface area contributed by atoms with Crippen molar-refractivity contribution in [2.45, 2.75) is 12.8 Å². The molecule has 0 radical (unpaired) electrons. The van der Waals surface area contributed by atoms with E-state index in [-0.39, 0.29) is 24.5 Å². The van der Waals surface area contributed by atoms with Crippen molar-refractivity contribution in [3.05, 3.63) is 52.3 Å². The van der Waals surface area contributed by atoms with Crippen LogP contribution in [0.25, 0.3) is 0 Å². The number of esters is 1. The molecule has 0 heterocycles. The van der Waals surface area contributed by atoms with E-state index < -0.39 is 18.2 Å². The molecule has 0 unspecified atom stereocenters. The molecule has 2 aromatic carbocycles. The van der Waals surface area contributed by atoms with Crippen LogP contribution < -0.4 is 10.5 Å². The first-order valence-electron chi connectivity index (χ1n) is 6.83. The molecule has 0 saturated heterocycles. The molecular formula is C16H13BrF3NO3. The van der Waals surface area contributed by atoms with Crippen molar-refractivity contribution >= 4 is 27.6 Å². The molecule has 0 fully saturated rings. The van der Waals surface area contributed by atoms with E-state index in [0.717, 1.165) is 12.1 Å². The Balaban J connectivity index is 2.15. The highest BCUT2D eigenvalue weighted by molar-refractivity contribution is 9.10. The van der Waals surface area contributed by atoms with Crippen LogP contribution in [0.1, 0.15) is 5.56 Å². The summed E-state index contributed by atoms with van der Waals surface area (Å²) in [7, 11) is 0. The lowest BCUT2D eigenvalue weighted by molar-refractivity contribution is -0.156. The van der Waals surface area contributed by atoms with Crippen LogP contribution in [-0.4, -0.2) is 19.0 Å². The monoisotopic (exact) mass is 403 g/mol. The number of hydrogen-bond donors (Lipinski definition) is 1. The van der Waals surface area contributed by atoms with Gasteiger partial charge in [-0.3, -0.25) is 0 Å². The quantitative estimate of drug-likeness (QED) is 0.576. The maximum Gasteiger partial charge on any atom is 0.373 e. The van der Waals surface area contributed by atoms with Gasteiger partial charge in [-0.25, -0.2) is 9.18 Å². The molecule has 0 saturated carbocycles. The van der Waals surface area contributed by atoms with Crippen LogP contribution in [0.2, 0.25) is 0 Å². The molecule has 0 bridgehead atoms. The van der Waals surface area contributed by atoms with Gasteiger partial charge >= 0.3 is 12.4 Å². The van der Waals surface area contributed by atoms with Crippen LogP contribution in [0, 0.1) is 5.82 Å². The number of nitrogen functional groups attached to an aromatic ring is 1. The average molecular weight is 404 g/mol. The molecule has 0 spiro atoms. The van der Waals surface area contributed by atoms with E-state index in [1.165, 1.54) is 6.07 Å². The summed E-state index contributed by atoms with van der Waals surface area (Å²) in [5, 5.41) is 0. The molecule has 2 rings (SSSR count). The number of nitrogens with two attached hydrogens (primary N) is 1. The number of benzene rings is 2. The highest BCUT2D eigenvalue weighted by Gasteiger charge is 2.17. The lowest BCUT2D eigenvalue weighted by atomic mass is 10.1. The second kappa shape index (κ2) is 8.05. The molecule has 128 valence electrons. The maximum absolute atomic E-state index is 13.4. The van der Waals surface area contributed by atoms with Crippen LogP contribution in [0.15, 0.2) is 40.9 Å². The number of ether oxygens (including phenoxy) is 2. The predicted molar refractivity (Wildman–Crippen MR) is 85.7 cm³/mol. The van der Waals surface area contributed by atoms with Gasteiger partial charge in [0.25, 0.3) is 0 Å². The van der Waals surface area contributed by atoms with Gasteiger partial charge in [-0.1, -0.05) is 22.0 Å². The van der Waals surface area contributed by atoms with Gasteiger partial charge in [0.1, 0.15) is 17.3 Å². The largest absolute Gasteiger partial charge is 0.461 e. The lowest BCUT2D eigenvalue weighted by Gasteiger charge is -2.13. The smallest absolute Gasteiger partial charge is 0.373 e. The summed E-state index contributed by atoms with van der Waals surface area (Å²) in [5.41, 5.74) is 6.35. The Kier molecular flexibility index (Phi) is 6.08. The summed E-state index contributed by atoms with van der Waals surface area (Å²) >= 11 is 3.32. The molecule has 0 amide bonds. The Bertz CT molecular complexity index is 720. The van der Waals surface area contributed by atoms with Gasteiger partial charge in [-0.2, -0.15) is 8.78 Å². The van der Waals surface area contributed by atoms with Crippen molar-refractivity contribution < 1.29 is 27.4 Å². The third-order valence-corrected chi connectivity index (χ3v) is 3.71. The van der Waals surface area contributed by atoms with E-state index in [1.54, 1.807) is 18.2 Å². The first-order chi connectivity index (χ1) is 11.4. The molecule has 0 aliphatic carbocycles. The molecule has 24 heavy (non-hydrogen) atoms. The summed E-state index contributed by atoms with van der Waals surface area (Å²) in [6.45, 7) is -0.243.